The first-order chi connectivity index (χ1) is 8.16. The molecule has 1 aliphatic carbocycles. The fourth-order valence-electron chi connectivity index (χ4n) is 2.44. The highest BCUT2D eigenvalue weighted by molar-refractivity contribution is 6.30. The van der Waals surface area contributed by atoms with E-state index in [0.29, 0.717) is 17.9 Å². The summed E-state index contributed by atoms with van der Waals surface area (Å²) in [6.45, 7) is 0. The highest BCUT2D eigenvalue weighted by atomic mass is 35.5. The predicted octanol–water partition coefficient (Wildman–Crippen LogP) is 4.63. The van der Waals surface area contributed by atoms with Crippen molar-refractivity contribution in [3.8, 4) is 0 Å². The molecule has 0 unspecified atom stereocenters. The SMILES string of the molecule is O=C(CC1CCCCC1)c1ccc(Cl)c(F)c1. The molecule has 3 heteroatoms. The summed E-state index contributed by atoms with van der Waals surface area (Å²) in [6, 6.07) is 4.30. The fraction of sp³-hybridized carbons (Fsp3) is 0.500. The van der Waals surface area contributed by atoms with E-state index >= 15 is 0 Å². The van der Waals surface area contributed by atoms with E-state index in [4.69, 9.17) is 11.6 Å². The van der Waals surface area contributed by atoms with Crippen molar-refractivity contribution in [1.29, 1.82) is 0 Å². The van der Waals surface area contributed by atoms with E-state index in [2.05, 4.69) is 0 Å². The Kier molecular flexibility index (Phi) is 4.16. The molecular weight excluding hydrogens is 239 g/mol. The third-order valence-electron chi connectivity index (χ3n) is 3.44. The Bertz CT molecular complexity index is 411. The zero-order valence-electron chi connectivity index (χ0n) is 9.72. The molecule has 1 fully saturated rings. The van der Waals surface area contributed by atoms with Crippen LogP contribution in [0, 0.1) is 11.7 Å². The van der Waals surface area contributed by atoms with Crippen LogP contribution in [0.5, 0.6) is 0 Å². The Morgan fingerprint density at radius 1 is 1.29 bits per heavy atom. The van der Waals surface area contributed by atoms with Crippen LogP contribution in [0.2, 0.25) is 5.02 Å². The first-order valence-electron chi connectivity index (χ1n) is 6.15. The van der Waals surface area contributed by atoms with E-state index in [0.717, 1.165) is 12.8 Å². The van der Waals surface area contributed by atoms with Crippen molar-refractivity contribution >= 4 is 17.4 Å². The molecule has 0 bridgehead atoms. The molecule has 0 heterocycles. The molecular formula is C14H16ClFO. The van der Waals surface area contributed by atoms with Gasteiger partial charge in [-0.2, -0.15) is 0 Å². The lowest BCUT2D eigenvalue weighted by Gasteiger charge is -2.20. The third kappa shape index (κ3) is 3.29. The Balaban J connectivity index is 2.01. The lowest BCUT2D eigenvalue weighted by atomic mass is 9.85. The molecule has 1 nitrogen and oxygen atoms in total. The van der Waals surface area contributed by atoms with Gasteiger partial charge in [0.05, 0.1) is 5.02 Å². The van der Waals surface area contributed by atoms with E-state index in [1.807, 2.05) is 0 Å². The van der Waals surface area contributed by atoms with Gasteiger partial charge in [0, 0.05) is 12.0 Å². The van der Waals surface area contributed by atoms with Gasteiger partial charge in [-0.05, 0) is 24.1 Å². The van der Waals surface area contributed by atoms with E-state index in [9.17, 15) is 9.18 Å². The minimum absolute atomic E-state index is 0.0347. The van der Waals surface area contributed by atoms with Crippen molar-refractivity contribution in [2.75, 3.05) is 0 Å². The maximum absolute atomic E-state index is 13.2. The molecule has 0 N–H and O–H groups in total. The second kappa shape index (κ2) is 5.63. The van der Waals surface area contributed by atoms with Crippen molar-refractivity contribution in [1.82, 2.24) is 0 Å². The second-order valence-corrected chi connectivity index (χ2v) is 5.17. The number of carbonyl (C=O) groups excluding carboxylic acids is 1. The van der Waals surface area contributed by atoms with Gasteiger partial charge in [0.25, 0.3) is 0 Å². The van der Waals surface area contributed by atoms with Crippen molar-refractivity contribution in [2.45, 2.75) is 38.5 Å². The molecule has 92 valence electrons. The van der Waals surface area contributed by atoms with E-state index in [1.54, 1.807) is 6.07 Å². The molecule has 0 amide bonds. The number of Topliss-reactive ketones (excluding diaryl/α,β-unsaturated/α-hetero) is 1. The number of hydrogen-bond acceptors (Lipinski definition) is 1. The molecule has 0 aliphatic heterocycles. The molecule has 1 aromatic carbocycles. The van der Waals surface area contributed by atoms with Gasteiger partial charge in [-0.3, -0.25) is 4.79 Å². The summed E-state index contributed by atoms with van der Waals surface area (Å²) in [6.07, 6.45) is 6.50. The summed E-state index contributed by atoms with van der Waals surface area (Å²) in [4.78, 5) is 12.0. The summed E-state index contributed by atoms with van der Waals surface area (Å²) in [5.41, 5.74) is 0.442. The number of halogens is 2. The number of ketones is 1. The summed E-state index contributed by atoms with van der Waals surface area (Å²) in [7, 11) is 0. The molecule has 1 aromatic rings. The second-order valence-electron chi connectivity index (χ2n) is 4.76. The highest BCUT2D eigenvalue weighted by Crippen LogP contribution is 2.28. The Morgan fingerprint density at radius 3 is 2.65 bits per heavy atom. The van der Waals surface area contributed by atoms with Gasteiger partial charge in [0.2, 0.25) is 0 Å². The monoisotopic (exact) mass is 254 g/mol. The van der Waals surface area contributed by atoms with Crippen LogP contribution in [-0.4, -0.2) is 5.78 Å². The van der Waals surface area contributed by atoms with Gasteiger partial charge in [0.15, 0.2) is 5.78 Å². The number of rotatable bonds is 3. The minimum Gasteiger partial charge on any atom is -0.294 e. The van der Waals surface area contributed by atoms with Crippen molar-refractivity contribution in [2.24, 2.45) is 5.92 Å². The number of benzene rings is 1. The molecule has 2 rings (SSSR count). The van der Waals surface area contributed by atoms with E-state index in [1.165, 1.54) is 31.4 Å². The standard InChI is InChI=1S/C14H16ClFO/c15-12-7-6-11(9-13(12)16)14(17)8-10-4-2-1-3-5-10/h6-7,9-10H,1-5,8H2. The van der Waals surface area contributed by atoms with Crippen LogP contribution >= 0.6 is 11.6 Å². The van der Waals surface area contributed by atoms with Crippen LogP contribution in [0.1, 0.15) is 48.9 Å². The molecule has 0 aromatic heterocycles. The van der Waals surface area contributed by atoms with Crippen LogP contribution in [-0.2, 0) is 0 Å². The molecule has 0 saturated heterocycles. The molecule has 0 atom stereocenters. The quantitative estimate of drug-likeness (QED) is 0.719. The van der Waals surface area contributed by atoms with Crippen LogP contribution in [0.15, 0.2) is 18.2 Å². The summed E-state index contributed by atoms with van der Waals surface area (Å²) < 4.78 is 13.2. The topological polar surface area (TPSA) is 17.1 Å². The molecule has 0 radical (unpaired) electrons. The maximum Gasteiger partial charge on any atom is 0.163 e. The van der Waals surface area contributed by atoms with Gasteiger partial charge >= 0.3 is 0 Å². The number of hydrogen-bond donors (Lipinski definition) is 0. The lowest BCUT2D eigenvalue weighted by molar-refractivity contribution is 0.0950. The highest BCUT2D eigenvalue weighted by Gasteiger charge is 2.18. The molecule has 17 heavy (non-hydrogen) atoms. The van der Waals surface area contributed by atoms with Crippen LogP contribution in [0.4, 0.5) is 4.39 Å². The Morgan fingerprint density at radius 2 is 2.00 bits per heavy atom. The van der Waals surface area contributed by atoms with E-state index < -0.39 is 5.82 Å². The Hall–Kier alpha value is -0.890. The van der Waals surface area contributed by atoms with Gasteiger partial charge in [-0.1, -0.05) is 43.7 Å². The zero-order valence-corrected chi connectivity index (χ0v) is 10.5. The van der Waals surface area contributed by atoms with E-state index in [-0.39, 0.29) is 10.8 Å². The lowest BCUT2D eigenvalue weighted by Crippen LogP contribution is -2.12. The van der Waals surface area contributed by atoms with Crippen molar-refractivity contribution in [3.05, 3.63) is 34.6 Å². The van der Waals surface area contributed by atoms with Crippen LogP contribution in [0.25, 0.3) is 0 Å². The Labute approximate surface area is 106 Å². The first kappa shape index (κ1) is 12.6. The van der Waals surface area contributed by atoms with Crippen LogP contribution < -0.4 is 0 Å². The van der Waals surface area contributed by atoms with Gasteiger partial charge < -0.3 is 0 Å². The zero-order chi connectivity index (χ0) is 12.3. The fourth-order valence-corrected chi connectivity index (χ4v) is 2.56. The van der Waals surface area contributed by atoms with Crippen LogP contribution in [0.3, 0.4) is 0 Å². The summed E-state index contributed by atoms with van der Waals surface area (Å²) in [5.74, 6) is 0.00335. The van der Waals surface area contributed by atoms with Gasteiger partial charge in [-0.15, -0.1) is 0 Å². The normalized spacial score (nSPS) is 17.1. The predicted molar refractivity (Wildman–Crippen MR) is 66.9 cm³/mol. The smallest absolute Gasteiger partial charge is 0.163 e. The van der Waals surface area contributed by atoms with Gasteiger partial charge in [0.1, 0.15) is 5.82 Å². The molecule has 0 spiro atoms. The largest absolute Gasteiger partial charge is 0.294 e. The molecule has 1 aliphatic rings. The van der Waals surface area contributed by atoms with Crippen molar-refractivity contribution in [3.63, 3.8) is 0 Å². The first-order valence-corrected chi connectivity index (χ1v) is 6.53. The number of carbonyl (C=O) groups is 1. The summed E-state index contributed by atoms with van der Waals surface area (Å²) in [5, 5.41) is 0.0687. The maximum atomic E-state index is 13.2. The minimum atomic E-state index is -0.513. The van der Waals surface area contributed by atoms with Crippen molar-refractivity contribution < 1.29 is 9.18 Å². The third-order valence-corrected chi connectivity index (χ3v) is 3.75. The summed E-state index contributed by atoms with van der Waals surface area (Å²) >= 11 is 5.59. The van der Waals surface area contributed by atoms with Gasteiger partial charge in [-0.25, -0.2) is 4.39 Å². The average molecular weight is 255 g/mol. The average Bonchev–Trinajstić information content (AvgIpc) is 2.34. The molecule has 1 saturated carbocycles.